The van der Waals surface area contributed by atoms with Crippen LogP contribution in [0.3, 0.4) is 0 Å². The van der Waals surface area contributed by atoms with Crippen molar-refractivity contribution in [2.45, 2.75) is 205 Å². The molecular formula is C37H66O5. The van der Waals surface area contributed by atoms with Crippen molar-refractivity contribution in [2.24, 2.45) is 0 Å². The number of allylic oxidation sites excluding steroid dienone is 1. The van der Waals surface area contributed by atoms with E-state index in [9.17, 15) is 15.0 Å². The number of rotatable bonds is 27. The van der Waals surface area contributed by atoms with Gasteiger partial charge >= 0.3 is 5.97 Å². The summed E-state index contributed by atoms with van der Waals surface area (Å²) >= 11 is 0. The predicted molar refractivity (Wildman–Crippen MR) is 175 cm³/mol. The Balaban J connectivity index is 1.35. The zero-order chi connectivity index (χ0) is 30.3. The molecule has 2 N–H and O–H groups in total. The molecule has 42 heavy (non-hydrogen) atoms. The number of unbranched alkanes of at least 4 members (excludes halogenated alkanes) is 19. The largest absolute Gasteiger partial charge is 0.455 e. The molecule has 1 fully saturated rings. The maximum Gasteiger partial charge on any atom is 0.334 e. The molecule has 0 radical (unpaired) electrons. The van der Waals surface area contributed by atoms with Crippen LogP contribution in [-0.4, -0.2) is 46.7 Å². The van der Waals surface area contributed by atoms with Crippen molar-refractivity contribution in [3.05, 3.63) is 23.8 Å². The molecule has 0 aliphatic carbocycles. The zero-order valence-corrected chi connectivity index (χ0v) is 27.4. The first-order valence-electron chi connectivity index (χ1n) is 18.1. The lowest BCUT2D eigenvalue weighted by atomic mass is 10.0. The van der Waals surface area contributed by atoms with E-state index in [1.54, 1.807) is 0 Å². The van der Waals surface area contributed by atoms with E-state index in [4.69, 9.17) is 9.47 Å². The highest BCUT2D eigenvalue weighted by molar-refractivity contribution is 5.90. The highest BCUT2D eigenvalue weighted by Crippen LogP contribution is 2.27. The van der Waals surface area contributed by atoms with Gasteiger partial charge in [0.2, 0.25) is 0 Å². The van der Waals surface area contributed by atoms with Crippen LogP contribution in [-0.2, 0) is 14.3 Å². The number of esters is 1. The molecule has 0 spiro atoms. The summed E-state index contributed by atoms with van der Waals surface area (Å²) in [5, 5.41) is 21.1. The molecule has 5 nitrogen and oxygen atoms in total. The van der Waals surface area contributed by atoms with Crippen molar-refractivity contribution >= 4 is 5.97 Å². The van der Waals surface area contributed by atoms with Gasteiger partial charge in [0.1, 0.15) is 6.10 Å². The Hall–Kier alpha value is -1.17. The van der Waals surface area contributed by atoms with Crippen LogP contribution in [0.25, 0.3) is 0 Å². The molecule has 1 saturated heterocycles. The van der Waals surface area contributed by atoms with Crippen LogP contribution in [0.15, 0.2) is 23.8 Å². The maximum absolute atomic E-state index is 11.6. The summed E-state index contributed by atoms with van der Waals surface area (Å²) in [4.78, 5) is 11.6. The van der Waals surface area contributed by atoms with Crippen LogP contribution in [0.2, 0.25) is 0 Å². The third-order valence-electron chi connectivity index (χ3n) is 9.14. The molecular weight excluding hydrogens is 524 g/mol. The molecule has 2 rings (SSSR count). The molecule has 0 aromatic carbocycles. The lowest BCUT2D eigenvalue weighted by Crippen LogP contribution is -2.30. The summed E-state index contributed by atoms with van der Waals surface area (Å²) in [7, 11) is 0. The van der Waals surface area contributed by atoms with E-state index in [-0.39, 0.29) is 24.3 Å². The minimum Gasteiger partial charge on any atom is -0.455 e. The van der Waals surface area contributed by atoms with Crippen LogP contribution in [0.4, 0.5) is 0 Å². The molecule has 0 aromatic heterocycles. The van der Waals surface area contributed by atoms with Crippen LogP contribution < -0.4 is 0 Å². The number of carbonyl (C=O) groups excluding carboxylic acids is 1. The van der Waals surface area contributed by atoms with Crippen molar-refractivity contribution in [1.29, 1.82) is 0 Å². The summed E-state index contributed by atoms with van der Waals surface area (Å²) in [6.07, 6.45) is 34.6. The van der Waals surface area contributed by atoms with E-state index in [1.165, 1.54) is 116 Å². The topological polar surface area (TPSA) is 76.0 Å². The summed E-state index contributed by atoms with van der Waals surface area (Å²) in [5.74, 6) is -0.115. The minimum atomic E-state index is -0.563. The quantitative estimate of drug-likeness (QED) is 0.0566. The highest BCUT2D eigenvalue weighted by atomic mass is 16.5. The highest BCUT2D eigenvalue weighted by Gasteiger charge is 2.33. The van der Waals surface area contributed by atoms with Crippen LogP contribution in [0.1, 0.15) is 174 Å². The molecule has 5 heteroatoms. The van der Waals surface area contributed by atoms with E-state index in [2.05, 4.69) is 13.0 Å². The second-order valence-electron chi connectivity index (χ2n) is 13.1. The molecule has 0 aromatic rings. The second-order valence-corrected chi connectivity index (χ2v) is 13.1. The van der Waals surface area contributed by atoms with Gasteiger partial charge in [0.25, 0.3) is 0 Å². The van der Waals surface area contributed by atoms with Gasteiger partial charge in [-0.15, -0.1) is 0 Å². The Morgan fingerprint density at radius 2 is 1.29 bits per heavy atom. The van der Waals surface area contributed by atoms with E-state index < -0.39 is 12.2 Å². The normalized spacial score (nSPS) is 22.1. The zero-order valence-electron chi connectivity index (χ0n) is 27.4. The first kappa shape index (κ1) is 37.0. The van der Waals surface area contributed by atoms with Crippen molar-refractivity contribution in [3.8, 4) is 0 Å². The summed E-state index contributed by atoms with van der Waals surface area (Å²) in [6, 6.07) is 0. The van der Waals surface area contributed by atoms with Gasteiger partial charge in [-0.2, -0.15) is 0 Å². The van der Waals surface area contributed by atoms with Gasteiger partial charge in [-0.25, -0.2) is 4.79 Å². The Morgan fingerprint density at radius 1 is 0.762 bits per heavy atom. The van der Waals surface area contributed by atoms with Gasteiger partial charge in [-0.05, 0) is 57.9 Å². The second kappa shape index (κ2) is 24.2. The molecule has 2 heterocycles. The summed E-state index contributed by atoms with van der Waals surface area (Å²) in [6.45, 7) is 4.18. The summed E-state index contributed by atoms with van der Waals surface area (Å²) < 4.78 is 11.2. The molecule has 0 bridgehead atoms. The number of ether oxygens (including phenoxy) is 2. The maximum atomic E-state index is 11.6. The fraction of sp³-hybridized carbons (Fsp3) is 0.865. The Morgan fingerprint density at radius 3 is 1.86 bits per heavy atom. The Labute approximate surface area is 258 Å². The monoisotopic (exact) mass is 590 g/mol. The van der Waals surface area contributed by atoms with Crippen molar-refractivity contribution < 1.29 is 24.5 Å². The Kier molecular flexibility index (Phi) is 21.3. The van der Waals surface area contributed by atoms with E-state index >= 15 is 0 Å². The van der Waals surface area contributed by atoms with Gasteiger partial charge in [-0.1, -0.05) is 135 Å². The van der Waals surface area contributed by atoms with Crippen molar-refractivity contribution in [2.75, 3.05) is 0 Å². The number of hydrogen-bond acceptors (Lipinski definition) is 5. The average molecular weight is 591 g/mol. The Bertz CT molecular complexity index is 732. The molecule has 244 valence electrons. The molecule has 5 atom stereocenters. The van der Waals surface area contributed by atoms with Crippen LogP contribution in [0.5, 0.6) is 0 Å². The molecule has 2 aliphatic heterocycles. The summed E-state index contributed by atoms with van der Waals surface area (Å²) in [5.41, 5.74) is 0.872. The van der Waals surface area contributed by atoms with Gasteiger partial charge < -0.3 is 19.7 Å². The molecule has 2 aliphatic rings. The lowest BCUT2D eigenvalue weighted by molar-refractivity contribution is -0.139. The lowest BCUT2D eigenvalue weighted by Gasteiger charge is -2.20. The third kappa shape index (κ3) is 17.2. The smallest absolute Gasteiger partial charge is 0.334 e. The predicted octanol–water partition coefficient (Wildman–Crippen LogP) is 9.68. The van der Waals surface area contributed by atoms with E-state index in [0.717, 1.165) is 50.5 Å². The standard InChI is InChI=1S/C37H66O5/c1-3-4-5-6-7-8-14-17-20-23-26-33(38)35-28-29-36(42-35)34(39)27-24-21-18-15-12-10-9-11-13-16-19-22-25-32-30-31(2)41-37(32)40/h24,27,30-31,33-36,38-39H,3-23,25-26,28-29H2,1-2H3/b27-24+/t31-,33+,34+,35+,36+/m0/s1. The minimum absolute atomic E-state index is 0.0423. The molecule has 0 unspecified atom stereocenters. The fourth-order valence-corrected chi connectivity index (χ4v) is 6.42. The van der Waals surface area contributed by atoms with Gasteiger partial charge in [0, 0.05) is 5.57 Å². The van der Waals surface area contributed by atoms with E-state index in [0.29, 0.717) is 0 Å². The number of aliphatic hydroxyl groups excluding tert-OH is 2. The first-order valence-corrected chi connectivity index (χ1v) is 18.1. The molecule has 0 amide bonds. The SMILES string of the molecule is CCCCCCCCCCCC[C@@H](O)[C@H]1CC[C@H]([C@H](O)/C=C/CCCCCCCCCCCCC2=C[C@H](C)OC2=O)O1. The number of hydrogen-bond donors (Lipinski definition) is 2. The molecule has 0 saturated carbocycles. The van der Waals surface area contributed by atoms with Gasteiger partial charge in [-0.3, -0.25) is 0 Å². The first-order chi connectivity index (χ1) is 20.5. The van der Waals surface area contributed by atoms with Crippen LogP contribution >= 0.6 is 0 Å². The number of aliphatic hydroxyl groups is 2. The van der Waals surface area contributed by atoms with Gasteiger partial charge in [0.15, 0.2) is 0 Å². The fourth-order valence-electron chi connectivity index (χ4n) is 6.42. The number of carbonyl (C=O) groups is 1. The van der Waals surface area contributed by atoms with Gasteiger partial charge in [0.05, 0.1) is 24.4 Å². The number of cyclic esters (lactones) is 1. The third-order valence-corrected chi connectivity index (χ3v) is 9.14. The van der Waals surface area contributed by atoms with E-state index in [1.807, 2.05) is 19.1 Å². The van der Waals surface area contributed by atoms with Crippen molar-refractivity contribution in [1.82, 2.24) is 0 Å². The van der Waals surface area contributed by atoms with Crippen LogP contribution in [0, 0.1) is 0 Å². The van der Waals surface area contributed by atoms with Crippen molar-refractivity contribution in [3.63, 3.8) is 0 Å². The average Bonchev–Trinajstić information content (AvgIpc) is 3.60.